The standard InChI is InChI=1S/C27H35FN6O2/c1-16(2)11-22(17(3)12-24(35)36-27(4,5)6)32-26-20(28)13-18(14-29)25(33-26)31-21-9-8-10-23-19(21)15-30-34(23)7/h8-10,13,15-17,22H,11-12H2,1-7H3,(H2,31,32,33)/t17-,22-/m1/s1. The summed E-state index contributed by atoms with van der Waals surface area (Å²) < 4.78 is 22.3. The summed E-state index contributed by atoms with van der Waals surface area (Å²) in [5.41, 5.74) is 1.13. The van der Waals surface area contributed by atoms with Crippen LogP contribution in [0.1, 0.15) is 59.9 Å². The average molecular weight is 495 g/mol. The Hall–Kier alpha value is -3.67. The Morgan fingerprint density at radius 2 is 1.97 bits per heavy atom. The van der Waals surface area contributed by atoms with Gasteiger partial charge in [0.05, 0.1) is 29.4 Å². The van der Waals surface area contributed by atoms with E-state index in [0.717, 1.165) is 10.9 Å². The molecule has 0 aliphatic rings. The molecule has 192 valence electrons. The molecule has 0 aliphatic carbocycles. The molecule has 1 aromatic carbocycles. The molecule has 0 fully saturated rings. The molecule has 0 amide bonds. The molecule has 0 saturated carbocycles. The number of esters is 1. The number of carbonyl (C=O) groups is 1. The first-order chi connectivity index (χ1) is 16.9. The minimum Gasteiger partial charge on any atom is -0.460 e. The number of ether oxygens (including phenoxy) is 1. The van der Waals surface area contributed by atoms with Gasteiger partial charge in [-0.15, -0.1) is 0 Å². The molecule has 0 radical (unpaired) electrons. The molecule has 36 heavy (non-hydrogen) atoms. The van der Waals surface area contributed by atoms with E-state index in [1.165, 1.54) is 6.07 Å². The molecule has 0 saturated heterocycles. The van der Waals surface area contributed by atoms with Crippen molar-refractivity contribution < 1.29 is 13.9 Å². The molecular formula is C27H35FN6O2. The molecule has 0 spiro atoms. The predicted octanol–water partition coefficient (Wildman–Crippen LogP) is 5.92. The third-order valence-corrected chi connectivity index (χ3v) is 5.78. The van der Waals surface area contributed by atoms with Crippen LogP contribution >= 0.6 is 0 Å². The summed E-state index contributed by atoms with van der Waals surface area (Å²) in [5.74, 6) is -0.511. The highest BCUT2D eigenvalue weighted by Crippen LogP contribution is 2.30. The molecule has 8 nitrogen and oxygen atoms in total. The monoisotopic (exact) mass is 494 g/mol. The highest BCUT2D eigenvalue weighted by Gasteiger charge is 2.26. The van der Waals surface area contributed by atoms with E-state index in [1.807, 2.05) is 59.0 Å². The van der Waals surface area contributed by atoms with E-state index in [1.54, 1.807) is 10.9 Å². The van der Waals surface area contributed by atoms with Crippen molar-refractivity contribution in [1.82, 2.24) is 14.8 Å². The van der Waals surface area contributed by atoms with Gasteiger partial charge in [0.15, 0.2) is 17.5 Å². The number of nitrogens with zero attached hydrogens (tertiary/aromatic N) is 4. The van der Waals surface area contributed by atoms with Crippen LogP contribution in [0.15, 0.2) is 30.5 Å². The Balaban J connectivity index is 1.90. The van der Waals surface area contributed by atoms with Crippen molar-refractivity contribution in [1.29, 1.82) is 5.26 Å². The van der Waals surface area contributed by atoms with Gasteiger partial charge in [-0.05, 0) is 57.2 Å². The van der Waals surface area contributed by atoms with Crippen molar-refractivity contribution in [3.05, 3.63) is 41.8 Å². The molecule has 0 aliphatic heterocycles. The lowest BCUT2D eigenvalue weighted by Gasteiger charge is -2.28. The molecule has 3 rings (SSSR count). The zero-order valence-corrected chi connectivity index (χ0v) is 22.0. The molecular weight excluding hydrogens is 459 g/mol. The quantitative estimate of drug-likeness (QED) is 0.356. The summed E-state index contributed by atoms with van der Waals surface area (Å²) in [6, 6.07) is 8.62. The number of aromatic nitrogens is 3. The van der Waals surface area contributed by atoms with Gasteiger partial charge in [0, 0.05) is 18.5 Å². The Bertz CT molecular complexity index is 1270. The number of aryl methyl sites for hydroxylation is 1. The number of anilines is 3. The maximum absolute atomic E-state index is 15.0. The van der Waals surface area contributed by atoms with Crippen LogP contribution in [0.25, 0.3) is 10.9 Å². The van der Waals surface area contributed by atoms with E-state index >= 15 is 4.39 Å². The van der Waals surface area contributed by atoms with Gasteiger partial charge in [0.2, 0.25) is 0 Å². The first-order valence-corrected chi connectivity index (χ1v) is 12.1. The summed E-state index contributed by atoms with van der Waals surface area (Å²) in [4.78, 5) is 16.9. The number of pyridine rings is 1. The lowest BCUT2D eigenvalue weighted by atomic mass is 9.90. The molecule has 0 unspecified atom stereocenters. The van der Waals surface area contributed by atoms with Gasteiger partial charge < -0.3 is 15.4 Å². The Morgan fingerprint density at radius 3 is 2.61 bits per heavy atom. The zero-order valence-electron chi connectivity index (χ0n) is 22.0. The largest absolute Gasteiger partial charge is 0.460 e. The fourth-order valence-corrected chi connectivity index (χ4v) is 4.09. The summed E-state index contributed by atoms with van der Waals surface area (Å²) in [5, 5.41) is 21.2. The molecule has 2 N–H and O–H groups in total. The van der Waals surface area contributed by atoms with Crippen molar-refractivity contribution in [3.63, 3.8) is 0 Å². The van der Waals surface area contributed by atoms with Crippen LogP contribution in [-0.2, 0) is 16.6 Å². The second-order valence-corrected chi connectivity index (χ2v) is 10.6. The molecule has 2 aromatic heterocycles. The normalized spacial score (nSPS) is 13.3. The molecule has 9 heteroatoms. The summed E-state index contributed by atoms with van der Waals surface area (Å²) in [6.45, 7) is 11.6. The first kappa shape index (κ1) is 26.9. The minimum absolute atomic E-state index is 0.0246. The van der Waals surface area contributed by atoms with Crippen molar-refractivity contribution >= 4 is 34.2 Å². The highest BCUT2D eigenvalue weighted by atomic mass is 19.1. The van der Waals surface area contributed by atoms with E-state index in [0.29, 0.717) is 18.0 Å². The third-order valence-electron chi connectivity index (χ3n) is 5.78. The van der Waals surface area contributed by atoms with Crippen molar-refractivity contribution in [3.8, 4) is 6.07 Å². The minimum atomic E-state index is -0.630. The van der Waals surface area contributed by atoms with Gasteiger partial charge in [0.1, 0.15) is 11.7 Å². The number of nitrogens with one attached hydrogen (secondary N) is 2. The van der Waals surface area contributed by atoms with E-state index in [2.05, 4.69) is 34.6 Å². The number of hydrogen-bond acceptors (Lipinski definition) is 7. The van der Waals surface area contributed by atoms with Crippen LogP contribution in [0.4, 0.5) is 21.7 Å². The van der Waals surface area contributed by atoms with Crippen LogP contribution in [0, 0.1) is 29.0 Å². The topological polar surface area (TPSA) is 105 Å². The summed E-state index contributed by atoms with van der Waals surface area (Å²) >= 11 is 0. The van der Waals surface area contributed by atoms with Gasteiger partial charge in [-0.2, -0.15) is 10.4 Å². The van der Waals surface area contributed by atoms with Gasteiger partial charge in [-0.25, -0.2) is 9.37 Å². The molecule has 0 bridgehead atoms. The fourth-order valence-electron chi connectivity index (χ4n) is 4.09. The molecule has 2 heterocycles. The smallest absolute Gasteiger partial charge is 0.306 e. The Morgan fingerprint density at radius 1 is 1.25 bits per heavy atom. The highest BCUT2D eigenvalue weighted by molar-refractivity contribution is 5.93. The maximum Gasteiger partial charge on any atom is 0.306 e. The van der Waals surface area contributed by atoms with Gasteiger partial charge in [-0.1, -0.05) is 26.8 Å². The number of benzene rings is 1. The van der Waals surface area contributed by atoms with E-state index in [4.69, 9.17) is 4.74 Å². The van der Waals surface area contributed by atoms with Crippen molar-refractivity contribution in [2.24, 2.45) is 18.9 Å². The third kappa shape index (κ3) is 6.72. The number of fused-ring (bicyclic) bond motifs is 1. The van der Waals surface area contributed by atoms with Crippen LogP contribution in [0.5, 0.6) is 0 Å². The van der Waals surface area contributed by atoms with Gasteiger partial charge >= 0.3 is 5.97 Å². The summed E-state index contributed by atoms with van der Waals surface area (Å²) in [6.07, 6.45) is 2.61. The lowest BCUT2D eigenvalue weighted by Crippen LogP contribution is -2.33. The zero-order chi connectivity index (χ0) is 26.6. The Kier molecular flexibility index (Phi) is 8.18. The molecule has 3 aromatic rings. The number of halogens is 1. The maximum atomic E-state index is 15.0. The summed E-state index contributed by atoms with van der Waals surface area (Å²) in [7, 11) is 1.85. The van der Waals surface area contributed by atoms with Crippen LogP contribution in [-0.4, -0.2) is 32.4 Å². The van der Waals surface area contributed by atoms with E-state index in [9.17, 15) is 10.1 Å². The van der Waals surface area contributed by atoms with E-state index < -0.39 is 11.4 Å². The second kappa shape index (κ2) is 10.9. The van der Waals surface area contributed by atoms with Crippen LogP contribution < -0.4 is 10.6 Å². The first-order valence-electron chi connectivity index (χ1n) is 12.1. The predicted molar refractivity (Wildman–Crippen MR) is 139 cm³/mol. The SMILES string of the molecule is CC(C)C[C@@H](Nc1nc(Nc2cccc3c2cnn3C)c(C#N)cc1F)[C@H](C)CC(=O)OC(C)(C)C. The second-order valence-electron chi connectivity index (χ2n) is 10.6. The van der Waals surface area contributed by atoms with Crippen molar-refractivity contribution in [2.45, 2.75) is 66.0 Å². The van der Waals surface area contributed by atoms with Crippen molar-refractivity contribution in [2.75, 3.05) is 10.6 Å². The number of nitriles is 1. The molecule has 2 atom stereocenters. The number of hydrogen-bond donors (Lipinski definition) is 2. The average Bonchev–Trinajstić information content (AvgIpc) is 3.15. The van der Waals surface area contributed by atoms with Crippen LogP contribution in [0.2, 0.25) is 0 Å². The lowest BCUT2D eigenvalue weighted by molar-refractivity contribution is -0.156. The van der Waals surface area contributed by atoms with E-state index in [-0.39, 0.29) is 41.5 Å². The fraction of sp³-hybridized carbons (Fsp3) is 0.481. The number of rotatable bonds is 9. The Labute approximate surface area is 211 Å². The number of carbonyl (C=O) groups excluding carboxylic acids is 1. The van der Waals surface area contributed by atoms with Gasteiger partial charge in [-0.3, -0.25) is 9.48 Å². The van der Waals surface area contributed by atoms with Crippen LogP contribution in [0.3, 0.4) is 0 Å². The van der Waals surface area contributed by atoms with Gasteiger partial charge in [0.25, 0.3) is 0 Å².